The monoisotopic (exact) mass is 324 g/mol. The van der Waals surface area contributed by atoms with E-state index in [-0.39, 0.29) is 18.0 Å². The van der Waals surface area contributed by atoms with Crippen LogP contribution >= 0.6 is 0 Å². The Bertz CT molecular complexity index is 987. The van der Waals surface area contributed by atoms with Crippen molar-refractivity contribution in [2.75, 3.05) is 6.79 Å². The molecule has 1 aliphatic heterocycles. The van der Waals surface area contributed by atoms with E-state index in [1.807, 2.05) is 6.92 Å². The highest BCUT2D eigenvalue weighted by Crippen LogP contribution is 2.35. The Morgan fingerprint density at radius 3 is 2.79 bits per heavy atom. The molecule has 0 bridgehead atoms. The van der Waals surface area contributed by atoms with Gasteiger partial charge in [-0.1, -0.05) is 19.4 Å². The fourth-order valence-corrected chi connectivity index (χ4v) is 2.94. The van der Waals surface area contributed by atoms with Crippen LogP contribution in [0.5, 0.6) is 17.2 Å². The van der Waals surface area contributed by atoms with Crippen molar-refractivity contribution in [3.63, 3.8) is 0 Å². The Labute approximate surface area is 138 Å². The lowest BCUT2D eigenvalue weighted by Gasteiger charge is -2.07. The number of aryl methyl sites for hydroxylation is 1. The smallest absolute Gasteiger partial charge is 0.231 e. The Balaban J connectivity index is 1.89. The molecule has 0 radical (unpaired) electrons. The third-order valence-electron chi connectivity index (χ3n) is 4.18. The van der Waals surface area contributed by atoms with E-state index in [1.54, 1.807) is 24.3 Å². The van der Waals surface area contributed by atoms with Crippen LogP contribution in [0.3, 0.4) is 0 Å². The summed E-state index contributed by atoms with van der Waals surface area (Å²) in [5, 5.41) is 10.5. The second kappa shape index (κ2) is 5.60. The molecule has 0 saturated heterocycles. The van der Waals surface area contributed by atoms with Crippen LogP contribution < -0.4 is 14.9 Å². The number of aromatic hydroxyl groups is 1. The van der Waals surface area contributed by atoms with E-state index in [1.165, 1.54) is 12.3 Å². The third-order valence-corrected chi connectivity index (χ3v) is 4.18. The lowest BCUT2D eigenvalue weighted by molar-refractivity contribution is 0.174. The maximum Gasteiger partial charge on any atom is 0.231 e. The maximum atomic E-state index is 12.9. The van der Waals surface area contributed by atoms with Crippen molar-refractivity contribution in [2.45, 2.75) is 19.8 Å². The van der Waals surface area contributed by atoms with E-state index in [0.717, 1.165) is 12.0 Å². The van der Waals surface area contributed by atoms with Crippen LogP contribution in [0.4, 0.5) is 0 Å². The molecule has 0 unspecified atom stereocenters. The molecule has 1 N–H and O–H groups in total. The highest BCUT2D eigenvalue weighted by atomic mass is 16.7. The SMILES string of the molecule is CCCc1cc2c(=O)c(-c3ccc4c(c3)OCO4)coc2cc1O. The molecule has 1 aliphatic rings. The Kier molecular flexibility index (Phi) is 3.41. The molecule has 5 heteroatoms. The predicted molar refractivity (Wildman–Crippen MR) is 89.7 cm³/mol. The van der Waals surface area contributed by atoms with Gasteiger partial charge in [0, 0.05) is 6.07 Å². The minimum absolute atomic E-state index is 0.132. The van der Waals surface area contributed by atoms with Crippen LogP contribution in [0.2, 0.25) is 0 Å². The minimum atomic E-state index is -0.132. The van der Waals surface area contributed by atoms with Gasteiger partial charge < -0.3 is 19.0 Å². The maximum absolute atomic E-state index is 12.9. The van der Waals surface area contributed by atoms with Crippen molar-refractivity contribution in [3.8, 4) is 28.4 Å². The van der Waals surface area contributed by atoms with Crippen LogP contribution in [0, 0.1) is 0 Å². The summed E-state index contributed by atoms with van der Waals surface area (Å²) in [4.78, 5) is 12.9. The molecular weight excluding hydrogens is 308 g/mol. The normalized spacial score (nSPS) is 12.7. The summed E-state index contributed by atoms with van der Waals surface area (Å²) in [6, 6.07) is 8.58. The molecule has 2 heterocycles. The highest BCUT2D eigenvalue weighted by Gasteiger charge is 2.17. The molecule has 2 aromatic carbocycles. The van der Waals surface area contributed by atoms with Gasteiger partial charge in [-0.2, -0.15) is 0 Å². The summed E-state index contributed by atoms with van der Waals surface area (Å²) in [6.45, 7) is 2.21. The highest BCUT2D eigenvalue weighted by molar-refractivity contribution is 5.84. The number of phenolic OH excluding ortho intramolecular Hbond substituents is 1. The molecule has 0 aliphatic carbocycles. The van der Waals surface area contributed by atoms with Gasteiger partial charge in [0.15, 0.2) is 11.5 Å². The molecule has 5 nitrogen and oxygen atoms in total. The van der Waals surface area contributed by atoms with Crippen molar-refractivity contribution in [2.24, 2.45) is 0 Å². The molecule has 122 valence electrons. The average Bonchev–Trinajstić information content (AvgIpc) is 3.04. The van der Waals surface area contributed by atoms with E-state index in [4.69, 9.17) is 13.9 Å². The van der Waals surface area contributed by atoms with Gasteiger partial charge in [-0.25, -0.2) is 0 Å². The van der Waals surface area contributed by atoms with Gasteiger partial charge in [-0.3, -0.25) is 4.79 Å². The average molecular weight is 324 g/mol. The quantitative estimate of drug-likeness (QED) is 0.792. The first-order valence-electron chi connectivity index (χ1n) is 7.85. The van der Waals surface area contributed by atoms with Crippen LogP contribution in [-0.4, -0.2) is 11.9 Å². The zero-order valence-electron chi connectivity index (χ0n) is 13.2. The summed E-state index contributed by atoms with van der Waals surface area (Å²) in [5.74, 6) is 1.44. The second-order valence-corrected chi connectivity index (χ2v) is 5.77. The summed E-state index contributed by atoms with van der Waals surface area (Å²) in [7, 11) is 0. The summed E-state index contributed by atoms with van der Waals surface area (Å²) in [6.07, 6.45) is 3.00. The standard InChI is InChI=1S/C19H16O5/c1-2-3-12-6-13-17(8-15(12)20)22-9-14(19(13)21)11-4-5-16-18(7-11)24-10-23-16/h4-9,20H,2-3,10H2,1H3. The van der Waals surface area contributed by atoms with Gasteiger partial charge in [0.05, 0.1) is 10.9 Å². The molecule has 0 fully saturated rings. The van der Waals surface area contributed by atoms with Crippen LogP contribution in [-0.2, 0) is 6.42 Å². The van der Waals surface area contributed by atoms with Crippen LogP contribution in [0.25, 0.3) is 22.1 Å². The molecule has 3 aromatic rings. The van der Waals surface area contributed by atoms with Gasteiger partial charge in [-0.15, -0.1) is 0 Å². The second-order valence-electron chi connectivity index (χ2n) is 5.77. The Morgan fingerprint density at radius 1 is 1.12 bits per heavy atom. The van der Waals surface area contributed by atoms with Gasteiger partial charge in [0.25, 0.3) is 0 Å². The zero-order valence-corrected chi connectivity index (χ0v) is 13.2. The number of benzene rings is 2. The lowest BCUT2D eigenvalue weighted by atomic mass is 10.0. The van der Waals surface area contributed by atoms with E-state index in [0.29, 0.717) is 40.0 Å². The summed E-state index contributed by atoms with van der Waals surface area (Å²) < 4.78 is 16.2. The molecule has 1 aromatic heterocycles. The van der Waals surface area contributed by atoms with Crippen LogP contribution in [0.15, 0.2) is 45.8 Å². The topological polar surface area (TPSA) is 68.9 Å². The first kappa shape index (κ1) is 14.6. The molecule has 0 atom stereocenters. The number of ether oxygens (including phenoxy) is 2. The van der Waals surface area contributed by atoms with Crippen molar-refractivity contribution in [1.29, 1.82) is 0 Å². The van der Waals surface area contributed by atoms with Crippen molar-refractivity contribution < 1.29 is 19.0 Å². The fraction of sp³-hybridized carbons (Fsp3) is 0.211. The molecule has 4 rings (SSSR count). The number of hydrogen-bond donors (Lipinski definition) is 1. The van der Waals surface area contributed by atoms with E-state index in [2.05, 4.69) is 0 Å². The largest absolute Gasteiger partial charge is 0.508 e. The third kappa shape index (κ3) is 2.29. The van der Waals surface area contributed by atoms with Crippen molar-refractivity contribution in [1.82, 2.24) is 0 Å². The predicted octanol–water partition coefficient (Wildman–Crippen LogP) is 3.85. The summed E-state index contributed by atoms with van der Waals surface area (Å²) >= 11 is 0. The lowest BCUT2D eigenvalue weighted by Crippen LogP contribution is -2.05. The first-order valence-corrected chi connectivity index (χ1v) is 7.85. The number of fused-ring (bicyclic) bond motifs is 2. The fourth-order valence-electron chi connectivity index (χ4n) is 2.94. The number of hydrogen-bond acceptors (Lipinski definition) is 5. The number of phenols is 1. The van der Waals surface area contributed by atoms with Gasteiger partial charge in [-0.05, 0) is 35.7 Å². The molecular formula is C19H16O5. The molecule has 24 heavy (non-hydrogen) atoms. The molecule has 0 saturated carbocycles. The van der Waals surface area contributed by atoms with E-state index in [9.17, 15) is 9.90 Å². The van der Waals surface area contributed by atoms with Gasteiger partial charge >= 0.3 is 0 Å². The van der Waals surface area contributed by atoms with Gasteiger partial charge in [0.1, 0.15) is 17.6 Å². The van der Waals surface area contributed by atoms with Crippen molar-refractivity contribution in [3.05, 3.63) is 52.4 Å². The Hall–Kier alpha value is -2.95. The number of rotatable bonds is 3. The first-order chi connectivity index (χ1) is 11.7. The zero-order chi connectivity index (χ0) is 16.7. The van der Waals surface area contributed by atoms with E-state index >= 15 is 0 Å². The summed E-state index contributed by atoms with van der Waals surface area (Å²) in [5.41, 5.74) is 2.16. The van der Waals surface area contributed by atoms with Crippen LogP contribution in [0.1, 0.15) is 18.9 Å². The molecule has 0 amide bonds. The van der Waals surface area contributed by atoms with Crippen molar-refractivity contribution >= 4 is 11.0 Å². The van der Waals surface area contributed by atoms with E-state index < -0.39 is 0 Å². The Morgan fingerprint density at radius 2 is 1.96 bits per heavy atom. The van der Waals surface area contributed by atoms with Gasteiger partial charge in [0.2, 0.25) is 12.2 Å². The molecule has 0 spiro atoms. The minimum Gasteiger partial charge on any atom is -0.508 e.